The summed E-state index contributed by atoms with van der Waals surface area (Å²) in [6.45, 7) is 4.12. The van der Waals surface area contributed by atoms with Crippen LogP contribution in [0, 0.1) is 0 Å². The molecule has 0 aliphatic rings. The molecule has 49 valence electrons. The fraction of sp³-hybridized carbons (Fsp3) is 1.00. The van der Waals surface area contributed by atoms with Gasteiger partial charge in [0.15, 0.2) is 0 Å². The quantitative estimate of drug-likeness (QED) is 0.556. The van der Waals surface area contributed by atoms with Gasteiger partial charge in [0.05, 0.1) is 6.04 Å². The van der Waals surface area contributed by atoms with E-state index in [1.807, 2.05) is 6.92 Å². The van der Waals surface area contributed by atoms with Crippen LogP contribution in [0.5, 0.6) is 0 Å². The van der Waals surface area contributed by atoms with Crippen LogP contribution < -0.4 is 5.48 Å². The Hall–Kier alpha value is -0.0800. The largest absolute Gasteiger partial charge is 0.297 e. The van der Waals surface area contributed by atoms with Crippen molar-refractivity contribution < 1.29 is 5.21 Å². The summed E-state index contributed by atoms with van der Waals surface area (Å²) in [7, 11) is 0. The highest BCUT2D eigenvalue weighted by atomic mass is 16.5. The van der Waals surface area contributed by atoms with Crippen LogP contribution in [0.1, 0.15) is 33.1 Å². The highest BCUT2D eigenvalue weighted by Gasteiger charge is 2.01. The van der Waals surface area contributed by atoms with E-state index in [9.17, 15) is 0 Å². The third-order valence-electron chi connectivity index (χ3n) is 1.26. The van der Waals surface area contributed by atoms with Gasteiger partial charge in [-0.2, -0.15) is 0 Å². The molecular weight excluding hydrogens is 102 g/mol. The van der Waals surface area contributed by atoms with Crippen molar-refractivity contribution in [2.45, 2.75) is 39.2 Å². The summed E-state index contributed by atoms with van der Waals surface area (Å²) in [6.07, 6.45) is 3.06. The molecule has 0 bridgehead atoms. The Labute approximate surface area is 50.9 Å². The van der Waals surface area contributed by atoms with E-state index < -0.39 is 0 Å². The zero-order chi connectivity index (χ0) is 6.41. The van der Waals surface area contributed by atoms with E-state index in [4.69, 9.17) is 5.21 Å². The maximum absolute atomic E-state index is 8.28. The van der Waals surface area contributed by atoms with Crippen LogP contribution in [0.2, 0.25) is 0 Å². The molecule has 0 amide bonds. The summed E-state index contributed by atoms with van der Waals surface area (Å²) < 4.78 is 0. The zero-order valence-corrected chi connectivity index (χ0v) is 5.59. The Bertz CT molecular complexity index is 43.8. The van der Waals surface area contributed by atoms with Crippen LogP contribution in [-0.4, -0.2) is 11.2 Å². The molecule has 2 heteroatoms. The maximum Gasteiger partial charge on any atom is 0.0532 e. The molecule has 0 saturated heterocycles. The maximum atomic E-state index is 8.28. The Morgan fingerprint density at radius 1 is 1.50 bits per heavy atom. The van der Waals surface area contributed by atoms with Gasteiger partial charge in [-0.05, 0) is 12.8 Å². The first-order valence-electron chi connectivity index (χ1n) is 3.19. The summed E-state index contributed by atoms with van der Waals surface area (Å²) in [5.74, 6) is 0. The molecule has 0 aliphatic heterocycles. The van der Waals surface area contributed by atoms with Gasteiger partial charge in [0.1, 0.15) is 0 Å². The van der Waals surface area contributed by atoms with Gasteiger partial charge in [-0.3, -0.25) is 5.21 Å². The molecular formula is C6H14NO. The Morgan fingerprint density at radius 2 is 2.12 bits per heavy atom. The van der Waals surface area contributed by atoms with E-state index in [1.165, 1.54) is 0 Å². The summed E-state index contributed by atoms with van der Waals surface area (Å²) in [5, 5.41) is 8.28. The van der Waals surface area contributed by atoms with E-state index in [0.29, 0.717) is 0 Å². The second-order valence-electron chi connectivity index (χ2n) is 1.97. The summed E-state index contributed by atoms with van der Waals surface area (Å²) in [4.78, 5) is 0. The number of hydroxylamine groups is 1. The van der Waals surface area contributed by atoms with Crippen molar-refractivity contribution in [3.05, 3.63) is 0 Å². The first kappa shape index (κ1) is 7.92. The van der Waals surface area contributed by atoms with Crippen LogP contribution in [0.3, 0.4) is 0 Å². The second kappa shape index (κ2) is 5.06. The van der Waals surface area contributed by atoms with E-state index in [2.05, 4.69) is 12.4 Å². The molecule has 0 rings (SSSR count). The highest BCUT2D eigenvalue weighted by molar-refractivity contribution is 4.55. The summed E-state index contributed by atoms with van der Waals surface area (Å²) in [5.41, 5.74) is 3.20. The van der Waals surface area contributed by atoms with Crippen molar-refractivity contribution in [1.82, 2.24) is 5.48 Å². The normalized spacial score (nSPS) is 13.9. The average Bonchev–Trinajstić information content (AvgIpc) is 1.83. The molecule has 1 N–H and O–H groups in total. The molecule has 0 aromatic rings. The predicted molar refractivity (Wildman–Crippen MR) is 32.9 cm³/mol. The fourth-order valence-corrected chi connectivity index (χ4v) is 0.677. The Kier molecular flexibility index (Phi) is 5.01. The van der Waals surface area contributed by atoms with Crippen LogP contribution in [0.25, 0.3) is 0 Å². The van der Waals surface area contributed by atoms with Crippen LogP contribution in [-0.2, 0) is 0 Å². The fourth-order valence-electron chi connectivity index (χ4n) is 0.677. The Morgan fingerprint density at radius 3 is 2.25 bits per heavy atom. The molecule has 1 unspecified atom stereocenters. The summed E-state index contributed by atoms with van der Waals surface area (Å²) in [6, 6.07) is 0.181. The van der Waals surface area contributed by atoms with Crippen LogP contribution in [0.15, 0.2) is 0 Å². The molecule has 8 heavy (non-hydrogen) atoms. The molecule has 1 atom stereocenters. The van der Waals surface area contributed by atoms with Gasteiger partial charge in [-0.15, -0.1) is 0 Å². The lowest BCUT2D eigenvalue weighted by Gasteiger charge is -2.06. The minimum atomic E-state index is 0.181. The second-order valence-corrected chi connectivity index (χ2v) is 1.97. The molecule has 0 aromatic carbocycles. The van der Waals surface area contributed by atoms with Gasteiger partial charge in [-0.25, -0.2) is 0 Å². The molecule has 1 radical (unpaired) electrons. The molecule has 0 heterocycles. The number of rotatable bonds is 4. The van der Waals surface area contributed by atoms with Gasteiger partial charge >= 0.3 is 0 Å². The van der Waals surface area contributed by atoms with E-state index in [1.54, 1.807) is 0 Å². The lowest BCUT2D eigenvalue weighted by atomic mass is 10.1. The van der Waals surface area contributed by atoms with Gasteiger partial charge in [-0.1, -0.05) is 25.7 Å². The first-order valence-corrected chi connectivity index (χ1v) is 3.19. The van der Waals surface area contributed by atoms with Crippen LogP contribution in [0.4, 0.5) is 0 Å². The van der Waals surface area contributed by atoms with Crippen molar-refractivity contribution in [1.29, 1.82) is 0 Å². The van der Waals surface area contributed by atoms with Crippen molar-refractivity contribution in [3.8, 4) is 0 Å². The van der Waals surface area contributed by atoms with Crippen molar-refractivity contribution in [2.75, 3.05) is 0 Å². The lowest BCUT2D eigenvalue weighted by molar-refractivity contribution is 0.108. The van der Waals surface area contributed by atoms with Crippen LogP contribution >= 0.6 is 0 Å². The Balaban J connectivity index is 3.07. The molecule has 0 fully saturated rings. The number of hydrogen-bond donors (Lipinski definition) is 1. The number of hydrogen-bond acceptors (Lipinski definition) is 1. The monoisotopic (exact) mass is 116 g/mol. The molecule has 0 saturated carbocycles. The van der Waals surface area contributed by atoms with E-state index in [-0.39, 0.29) is 6.04 Å². The van der Waals surface area contributed by atoms with Crippen molar-refractivity contribution in [2.24, 2.45) is 0 Å². The van der Waals surface area contributed by atoms with Crippen molar-refractivity contribution >= 4 is 0 Å². The lowest BCUT2D eigenvalue weighted by Crippen LogP contribution is -2.17. The first-order chi connectivity index (χ1) is 3.85. The van der Waals surface area contributed by atoms with E-state index >= 15 is 0 Å². The third-order valence-corrected chi connectivity index (χ3v) is 1.26. The minimum Gasteiger partial charge on any atom is -0.297 e. The SMILES string of the molecule is CCCC(CC)[N]O. The molecule has 0 spiro atoms. The van der Waals surface area contributed by atoms with Gasteiger partial charge in [0, 0.05) is 0 Å². The topological polar surface area (TPSA) is 34.3 Å². The number of nitrogens with zero attached hydrogens (tertiary/aromatic N) is 1. The average molecular weight is 116 g/mol. The molecule has 0 aromatic heterocycles. The van der Waals surface area contributed by atoms with Crippen molar-refractivity contribution in [3.63, 3.8) is 0 Å². The molecule has 2 nitrogen and oxygen atoms in total. The third kappa shape index (κ3) is 2.99. The predicted octanol–water partition coefficient (Wildman–Crippen LogP) is 1.56. The molecule has 0 aliphatic carbocycles. The van der Waals surface area contributed by atoms with E-state index in [0.717, 1.165) is 19.3 Å². The highest BCUT2D eigenvalue weighted by Crippen LogP contribution is 1.99. The standard InChI is InChI=1S/C6H14NO/c1-3-5-6(4-2)7-8/h6,8H,3-5H2,1-2H3. The van der Waals surface area contributed by atoms with Gasteiger partial charge < -0.3 is 0 Å². The zero-order valence-electron chi connectivity index (χ0n) is 5.59. The van der Waals surface area contributed by atoms with Gasteiger partial charge in [0.2, 0.25) is 0 Å². The smallest absolute Gasteiger partial charge is 0.0532 e. The summed E-state index contributed by atoms with van der Waals surface area (Å²) >= 11 is 0. The minimum absolute atomic E-state index is 0.181. The van der Waals surface area contributed by atoms with Gasteiger partial charge in [0.25, 0.3) is 0 Å².